The van der Waals surface area contributed by atoms with Gasteiger partial charge in [0.25, 0.3) is 5.91 Å². The zero-order valence-electron chi connectivity index (χ0n) is 12.6. The number of nitrogens with one attached hydrogen (secondary N) is 2. The first kappa shape index (κ1) is 14.8. The minimum absolute atomic E-state index is 0.0250. The van der Waals surface area contributed by atoms with Crippen molar-refractivity contribution < 1.29 is 4.79 Å². The fourth-order valence-corrected chi connectivity index (χ4v) is 2.49. The van der Waals surface area contributed by atoms with Crippen molar-refractivity contribution in [2.45, 2.75) is 32.7 Å². The Bertz CT molecular complexity index is 467. The normalized spacial score (nSPS) is 16.9. The maximum atomic E-state index is 12.4. The second kappa shape index (κ2) is 6.70. The first-order valence-corrected chi connectivity index (χ1v) is 7.30. The largest absolute Gasteiger partial charge is 0.385 e. The molecule has 1 amide bonds. The van der Waals surface area contributed by atoms with Gasteiger partial charge in [0.05, 0.1) is 11.3 Å². The number of carbonyl (C=O) groups is 1. The number of pyridine rings is 1. The molecule has 0 radical (unpaired) electrons. The van der Waals surface area contributed by atoms with Crippen LogP contribution in [-0.4, -0.2) is 48.5 Å². The highest BCUT2D eigenvalue weighted by atomic mass is 16.1. The van der Waals surface area contributed by atoms with E-state index in [0.717, 1.165) is 43.9 Å². The number of rotatable bonds is 4. The van der Waals surface area contributed by atoms with Gasteiger partial charge in [-0.05, 0) is 52.9 Å². The lowest BCUT2D eigenvalue weighted by molar-refractivity contribution is 0.0917. The zero-order chi connectivity index (χ0) is 14.5. The lowest BCUT2D eigenvalue weighted by Crippen LogP contribution is -2.43. The van der Waals surface area contributed by atoms with Crippen LogP contribution in [0.5, 0.6) is 0 Å². The average Bonchev–Trinajstić information content (AvgIpc) is 2.42. The van der Waals surface area contributed by atoms with E-state index in [9.17, 15) is 4.79 Å². The van der Waals surface area contributed by atoms with Gasteiger partial charge in [0.15, 0.2) is 0 Å². The molecule has 0 unspecified atom stereocenters. The number of amides is 1. The van der Waals surface area contributed by atoms with Gasteiger partial charge in [0, 0.05) is 24.5 Å². The van der Waals surface area contributed by atoms with Gasteiger partial charge < -0.3 is 15.5 Å². The highest BCUT2D eigenvalue weighted by Gasteiger charge is 2.20. The first-order valence-electron chi connectivity index (χ1n) is 7.30. The van der Waals surface area contributed by atoms with Crippen LogP contribution in [0.1, 0.15) is 35.8 Å². The Morgan fingerprint density at radius 3 is 2.80 bits per heavy atom. The van der Waals surface area contributed by atoms with E-state index in [1.807, 2.05) is 19.9 Å². The summed E-state index contributed by atoms with van der Waals surface area (Å²) in [6, 6.07) is 2.20. The van der Waals surface area contributed by atoms with Gasteiger partial charge in [-0.25, -0.2) is 0 Å². The van der Waals surface area contributed by atoms with Crippen LogP contribution in [0.4, 0.5) is 5.69 Å². The first-order chi connectivity index (χ1) is 9.60. The molecular weight excluding hydrogens is 252 g/mol. The number of anilines is 1. The van der Waals surface area contributed by atoms with Crippen molar-refractivity contribution in [3.63, 3.8) is 0 Å². The van der Waals surface area contributed by atoms with Crippen LogP contribution in [0, 0.1) is 6.92 Å². The Morgan fingerprint density at radius 1 is 1.45 bits per heavy atom. The van der Waals surface area contributed by atoms with Crippen LogP contribution in [-0.2, 0) is 0 Å². The van der Waals surface area contributed by atoms with Crippen molar-refractivity contribution in [1.82, 2.24) is 15.2 Å². The molecule has 5 heteroatoms. The Labute approximate surface area is 120 Å². The van der Waals surface area contributed by atoms with Gasteiger partial charge in [-0.3, -0.25) is 9.78 Å². The van der Waals surface area contributed by atoms with E-state index in [-0.39, 0.29) is 11.9 Å². The zero-order valence-corrected chi connectivity index (χ0v) is 12.6. The van der Waals surface area contributed by atoms with Gasteiger partial charge in [-0.1, -0.05) is 0 Å². The predicted molar refractivity (Wildman–Crippen MR) is 81.1 cm³/mol. The summed E-state index contributed by atoms with van der Waals surface area (Å²) in [7, 11) is 2.12. The summed E-state index contributed by atoms with van der Waals surface area (Å²) in [5.41, 5.74) is 2.42. The van der Waals surface area contributed by atoms with Gasteiger partial charge in [-0.2, -0.15) is 0 Å². The number of likely N-dealkylation sites (tertiary alicyclic amines) is 1. The molecule has 0 aliphatic carbocycles. The van der Waals surface area contributed by atoms with Crippen molar-refractivity contribution in [3.05, 3.63) is 23.5 Å². The molecule has 0 bridgehead atoms. The Balaban J connectivity index is 2.05. The smallest absolute Gasteiger partial charge is 0.255 e. The summed E-state index contributed by atoms with van der Waals surface area (Å²) in [4.78, 5) is 18.9. The summed E-state index contributed by atoms with van der Waals surface area (Å²) < 4.78 is 0. The second-order valence-electron chi connectivity index (χ2n) is 5.45. The summed E-state index contributed by atoms with van der Waals surface area (Å²) in [6.45, 7) is 6.82. The fourth-order valence-electron chi connectivity index (χ4n) is 2.49. The summed E-state index contributed by atoms with van der Waals surface area (Å²) >= 11 is 0. The molecule has 1 aromatic rings. The van der Waals surface area contributed by atoms with Crippen molar-refractivity contribution in [3.8, 4) is 0 Å². The van der Waals surface area contributed by atoms with Crippen LogP contribution in [0.3, 0.4) is 0 Å². The lowest BCUT2D eigenvalue weighted by atomic mass is 10.0. The van der Waals surface area contributed by atoms with E-state index in [4.69, 9.17) is 0 Å². The molecule has 0 aromatic carbocycles. The lowest BCUT2D eigenvalue weighted by Gasteiger charge is -2.29. The van der Waals surface area contributed by atoms with E-state index in [1.54, 1.807) is 6.20 Å². The Kier molecular flexibility index (Phi) is 4.95. The molecule has 110 valence electrons. The Hall–Kier alpha value is -1.62. The van der Waals surface area contributed by atoms with E-state index in [0.29, 0.717) is 5.56 Å². The summed E-state index contributed by atoms with van der Waals surface area (Å²) in [5.74, 6) is -0.0250. The molecule has 20 heavy (non-hydrogen) atoms. The van der Waals surface area contributed by atoms with Gasteiger partial charge >= 0.3 is 0 Å². The topological polar surface area (TPSA) is 57.3 Å². The fraction of sp³-hybridized carbons (Fsp3) is 0.600. The highest BCUT2D eigenvalue weighted by Crippen LogP contribution is 2.17. The monoisotopic (exact) mass is 276 g/mol. The minimum Gasteiger partial charge on any atom is -0.385 e. The molecule has 0 spiro atoms. The summed E-state index contributed by atoms with van der Waals surface area (Å²) in [6.07, 6.45) is 3.69. The molecular formula is C15H24N4O. The molecule has 1 aliphatic rings. The summed E-state index contributed by atoms with van der Waals surface area (Å²) in [5, 5.41) is 6.36. The van der Waals surface area contributed by atoms with Crippen LogP contribution in [0.2, 0.25) is 0 Å². The van der Waals surface area contributed by atoms with Gasteiger partial charge in [-0.15, -0.1) is 0 Å². The van der Waals surface area contributed by atoms with Gasteiger partial charge in [0.1, 0.15) is 0 Å². The predicted octanol–water partition coefficient (Wildman–Crippen LogP) is 1.65. The van der Waals surface area contributed by atoms with Crippen LogP contribution >= 0.6 is 0 Å². The molecule has 1 aromatic heterocycles. The van der Waals surface area contributed by atoms with Gasteiger partial charge in [0.2, 0.25) is 0 Å². The third-order valence-electron chi connectivity index (χ3n) is 3.71. The van der Waals surface area contributed by atoms with Crippen LogP contribution in [0.15, 0.2) is 12.3 Å². The minimum atomic E-state index is -0.0250. The molecule has 5 nitrogen and oxygen atoms in total. The third kappa shape index (κ3) is 3.70. The quantitative estimate of drug-likeness (QED) is 0.878. The maximum Gasteiger partial charge on any atom is 0.255 e. The standard InChI is InChI=1S/C15H24N4O/c1-4-16-14-9-11(2)17-10-13(14)15(20)18-12-5-7-19(3)8-6-12/h9-10,12H,4-8H2,1-3H3,(H,16,17)(H,18,20). The number of carbonyl (C=O) groups excluding carboxylic acids is 1. The molecule has 2 heterocycles. The van der Waals surface area contributed by atoms with E-state index < -0.39 is 0 Å². The van der Waals surface area contributed by atoms with E-state index >= 15 is 0 Å². The average molecular weight is 276 g/mol. The van der Waals surface area contributed by atoms with Crippen molar-refractivity contribution in [2.24, 2.45) is 0 Å². The molecule has 1 saturated heterocycles. The SMILES string of the molecule is CCNc1cc(C)ncc1C(=O)NC1CCN(C)CC1. The van der Waals surface area contributed by atoms with E-state index in [2.05, 4.69) is 27.6 Å². The molecule has 0 saturated carbocycles. The molecule has 1 fully saturated rings. The molecule has 2 N–H and O–H groups in total. The number of aromatic nitrogens is 1. The maximum absolute atomic E-state index is 12.4. The van der Waals surface area contributed by atoms with Crippen LogP contribution in [0.25, 0.3) is 0 Å². The van der Waals surface area contributed by atoms with Crippen LogP contribution < -0.4 is 10.6 Å². The molecule has 0 atom stereocenters. The number of hydrogen-bond donors (Lipinski definition) is 2. The number of hydrogen-bond acceptors (Lipinski definition) is 4. The molecule has 2 rings (SSSR count). The van der Waals surface area contributed by atoms with E-state index in [1.165, 1.54) is 0 Å². The number of nitrogens with zero attached hydrogens (tertiary/aromatic N) is 2. The number of piperidine rings is 1. The van der Waals surface area contributed by atoms with Crippen molar-refractivity contribution in [2.75, 3.05) is 32.0 Å². The second-order valence-corrected chi connectivity index (χ2v) is 5.45. The highest BCUT2D eigenvalue weighted by molar-refractivity contribution is 5.99. The van der Waals surface area contributed by atoms with Crippen molar-refractivity contribution >= 4 is 11.6 Å². The third-order valence-corrected chi connectivity index (χ3v) is 3.71. The Morgan fingerprint density at radius 2 is 2.15 bits per heavy atom. The van der Waals surface area contributed by atoms with Crippen molar-refractivity contribution in [1.29, 1.82) is 0 Å². The number of aryl methyl sites for hydroxylation is 1. The molecule has 1 aliphatic heterocycles.